The van der Waals surface area contributed by atoms with E-state index >= 15 is 0 Å². The zero-order valence-electron chi connectivity index (χ0n) is 5.64. The summed E-state index contributed by atoms with van der Waals surface area (Å²) >= 11 is 5.30. The predicted molar refractivity (Wildman–Crippen MR) is 37.8 cm³/mol. The molecule has 3 heteroatoms. The van der Waals surface area contributed by atoms with Crippen LogP contribution in [0.15, 0.2) is 0 Å². The van der Waals surface area contributed by atoms with Crippen LogP contribution in [0, 0.1) is 0 Å². The maximum Gasteiger partial charge on any atom is 0.0908 e. The molecule has 0 radical (unpaired) electrons. The molecule has 0 aromatic rings. The summed E-state index contributed by atoms with van der Waals surface area (Å²) in [5, 5.41) is 8.83. The highest BCUT2D eigenvalue weighted by Crippen LogP contribution is 1.89. The fourth-order valence-electron chi connectivity index (χ4n) is 0.408. The smallest absolute Gasteiger partial charge is 0.0908 e. The highest BCUT2D eigenvalue weighted by molar-refractivity contribution is 6.18. The van der Waals surface area contributed by atoms with E-state index in [2.05, 4.69) is 0 Å². The molecular formula is C6H13ClO2. The molecule has 9 heavy (non-hydrogen) atoms. The second-order valence-electron chi connectivity index (χ2n) is 1.88. The van der Waals surface area contributed by atoms with E-state index in [-0.39, 0.29) is 5.88 Å². The standard InChI is InChI=1S/C6H13ClO2/c1-2-3-9-5-6(8)4-7/h6,8H,2-5H2,1H3/t6-/m0/s1. The van der Waals surface area contributed by atoms with Gasteiger partial charge in [0.2, 0.25) is 0 Å². The van der Waals surface area contributed by atoms with Gasteiger partial charge in [-0.1, -0.05) is 6.92 Å². The lowest BCUT2D eigenvalue weighted by molar-refractivity contribution is 0.0483. The Morgan fingerprint density at radius 1 is 1.67 bits per heavy atom. The Hall–Kier alpha value is 0.210. The van der Waals surface area contributed by atoms with Gasteiger partial charge in [0.25, 0.3) is 0 Å². The minimum absolute atomic E-state index is 0.254. The fourth-order valence-corrected chi connectivity index (χ4v) is 0.497. The van der Waals surface area contributed by atoms with Crippen molar-refractivity contribution in [1.29, 1.82) is 0 Å². The summed E-state index contributed by atoms with van der Waals surface area (Å²) in [5.74, 6) is 0.254. The summed E-state index contributed by atoms with van der Waals surface area (Å²) in [6.07, 6.45) is 0.480. The van der Waals surface area contributed by atoms with E-state index in [0.29, 0.717) is 13.2 Å². The molecule has 0 saturated heterocycles. The van der Waals surface area contributed by atoms with Gasteiger partial charge in [0.05, 0.1) is 18.6 Å². The summed E-state index contributed by atoms with van der Waals surface area (Å²) < 4.78 is 5.00. The van der Waals surface area contributed by atoms with Crippen molar-refractivity contribution in [2.45, 2.75) is 19.4 Å². The Bertz CT molecular complexity index is 59.0. The van der Waals surface area contributed by atoms with Crippen molar-refractivity contribution in [1.82, 2.24) is 0 Å². The highest BCUT2D eigenvalue weighted by Gasteiger charge is 1.99. The van der Waals surface area contributed by atoms with Crippen LogP contribution in [0.5, 0.6) is 0 Å². The maximum atomic E-state index is 8.83. The van der Waals surface area contributed by atoms with Gasteiger partial charge in [0.1, 0.15) is 0 Å². The maximum absolute atomic E-state index is 8.83. The SMILES string of the molecule is CCCOC[C@@H](O)CCl. The summed E-state index contributed by atoms with van der Waals surface area (Å²) in [6, 6.07) is 0. The van der Waals surface area contributed by atoms with Crippen LogP contribution in [0.1, 0.15) is 13.3 Å². The van der Waals surface area contributed by atoms with Crippen molar-refractivity contribution in [2.75, 3.05) is 19.1 Å². The third-order valence-electron chi connectivity index (χ3n) is 0.837. The van der Waals surface area contributed by atoms with E-state index in [4.69, 9.17) is 21.4 Å². The lowest BCUT2D eigenvalue weighted by Crippen LogP contribution is -2.16. The molecule has 0 spiro atoms. The molecule has 0 aliphatic rings. The van der Waals surface area contributed by atoms with Gasteiger partial charge in [-0.25, -0.2) is 0 Å². The minimum Gasteiger partial charge on any atom is -0.389 e. The average Bonchev–Trinajstić information content (AvgIpc) is 1.89. The van der Waals surface area contributed by atoms with Gasteiger partial charge < -0.3 is 9.84 Å². The van der Waals surface area contributed by atoms with Crippen LogP contribution < -0.4 is 0 Å². The lowest BCUT2D eigenvalue weighted by Gasteiger charge is -2.05. The quantitative estimate of drug-likeness (QED) is 0.471. The van der Waals surface area contributed by atoms with Gasteiger partial charge in [-0.15, -0.1) is 11.6 Å². The predicted octanol–water partition coefficient (Wildman–Crippen LogP) is 1.01. The van der Waals surface area contributed by atoms with Crippen LogP contribution in [0.4, 0.5) is 0 Å². The number of halogens is 1. The molecule has 0 fully saturated rings. The van der Waals surface area contributed by atoms with Crippen molar-refractivity contribution >= 4 is 11.6 Å². The zero-order valence-corrected chi connectivity index (χ0v) is 6.40. The van der Waals surface area contributed by atoms with Crippen LogP contribution in [0.3, 0.4) is 0 Å². The third-order valence-corrected chi connectivity index (χ3v) is 1.19. The number of aliphatic hydroxyl groups is 1. The number of hydrogen-bond acceptors (Lipinski definition) is 2. The van der Waals surface area contributed by atoms with E-state index in [1.54, 1.807) is 0 Å². The first-order valence-electron chi connectivity index (χ1n) is 3.13. The molecule has 0 saturated carbocycles. The van der Waals surface area contributed by atoms with E-state index < -0.39 is 6.10 Å². The van der Waals surface area contributed by atoms with Crippen LogP contribution >= 0.6 is 11.6 Å². The molecule has 0 rings (SSSR count). The summed E-state index contributed by atoms with van der Waals surface area (Å²) in [4.78, 5) is 0. The normalized spacial score (nSPS) is 13.7. The zero-order chi connectivity index (χ0) is 7.11. The van der Waals surface area contributed by atoms with Crippen LogP contribution in [-0.2, 0) is 4.74 Å². The molecule has 0 aromatic heterocycles. The first-order valence-corrected chi connectivity index (χ1v) is 3.66. The molecule has 0 amide bonds. The minimum atomic E-state index is -0.502. The summed E-state index contributed by atoms with van der Waals surface area (Å²) in [7, 11) is 0. The molecule has 56 valence electrons. The van der Waals surface area contributed by atoms with Crippen molar-refractivity contribution in [3.63, 3.8) is 0 Å². The fraction of sp³-hybridized carbons (Fsp3) is 1.00. The van der Waals surface area contributed by atoms with Gasteiger partial charge in [0.15, 0.2) is 0 Å². The highest BCUT2D eigenvalue weighted by atomic mass is 35.5. The molecule has 0 aliphatic carbocycles. The summed E-state index contributed by atoms with van der Waals surface area (Å²) in [6.45, 7) is 3.08. The van der Waals surface area contributed by atoms with Crippen LogP contribution in [0.2, 0.25) is 0 Å². The van der Waals surface area contributed by atoms with E-state index in [9.17, 15) is 0 Å². The largest absolute Gasteiger partial charge is 0.389 e. The van der Waals surface area contributed by atoms with Gasteiger partial charge in [-0.2, -0.15) is 0 Å². The molecule has 0 bridgehead atoms. The van der Waals surface area contributed by atoms with E-state index in [1.165, 1.54) is 0 Å². The number of aliphatic hydroxyl groups excluding tert-OH is 1. The first kappa shape index (κ1) is 9.21. The van der Waals surface area contributed by atoms with Crippen molar-refractivity contribution in [3.05, 3.63) is 0 Å². The molecule has 0 aromatic carbocycles. The summed E-state index contributed by atoms with van der Waals surface area (Å²) in [5.41, 5.74) is 0. The second kappa shape index (κ2) is 6.33. The number of alkyl halides is 1. The number of ether oxygens (including phenoxy) is 1. The van der Waals surface area contributed by atoms with Gasteiger partial charge in [0, 0.05) is 6.61 Å². The average molecular weight is 153 g/mol. The molecule has 1 atom stereocenters. The Morgan fingerprint density at radius 2 is 2.33 bits per heavy atom. The first-order chi connectivity index (χ1) is 4.31. The molecule has 0 unspecified atom stereocenters. The Morgan fingerprint density at radius 3 is 2.78 bits per heavy atom. The molecule has 0 heterocycles. The van der Waals surface area contributed by atoms with E-state index in [0.717, 1.165) is 6.42 Å². The monoisotopic (exact) mass is 152 g/mol. The molecule has 1 N–H and O–H groups in total. The molecule has 0 aliphatic heterocycles. The number of hydrogen-bond donors (Lipinski definition) is 1. The Balaban J connectivity index is 2.88. The van der Waals surface area contributed by atoms with Gasteiger partial charge >= 0.3 is 0 Å². The molecule has 2 nitrogen and oxygen atoms in total. The Labute approximate surface area is 60.8 Å². The third kappa shape index (κ3) is 6.09. The van der Waals surface area contributed by atoms with Crippen LogP contribution in [0.25, 0.3) is 0 Å². The van der Waals surface area contributed by atoms with E-state index in [1.807, 2.05) is 6.92 Å². The Kier molecular flexibility index (Phi) is 6.48. The van der Waals surface area contributed by atoms with Crippen LogP contribution in [-0.4, -0.2) is 30.3 Å². The van der Waals surface area contributed by atoms with Crippen molar-refractivity contribution in [3.8, 4) is 0 Å². The second-order valence-corrected chi connectivity index (χ2v) is 2.19. The van der Waals surface area contributed by atoms with Gasteiger partial charge in [-0.3, -0.25) is 0 Å². The number of rotatable bonds is 5. The van der Waals surface area contributed by atoms with Crippen molar-refractivity contribution in [2.24, 2.45) is 0 Å². The lowest BCUT2D eigenvalue weighted by atomic mass is 10.4. The topological polar surface area (TPSA) is 29.5 Å². The van der Waals surface area contributed by atoms with Crippen molar-refractivity contribution < 1.29 is 9.84 Å². The van der Waals surface area contributed by atoms with Gasteiger partial charge in [-0.05, 0) is 6.42 Å². The molecular weight excluding hydrogens is 140 g/mol.